The summed E-state index contributed by atoms with van der Waals surface area (Å²) in [7, 11) is 1.70. The van der Waals surface area contributed by atoms with Gasteiger partial charge in [-0.25, -0.2) is 0 Å². The summed E-state index contributed by atoms with van der Waals surface area (Å²) < 4.78 is 12.2. The van der Waals surface area contributed by atoms with Gasteiger partial charge in [0.25, 0.3) is 0 Å². The van der Waals surface area contributed by atoms with Crippen molar-refractivity contribution in [2.75, 3.05) is 13.7 Å². The van der Waals surface area contributed by atoms with E-state index >= 15 is 0 Å². The molecule has 20 heavy (non-hydrogen) atoms. The van der Waals surface area contributed by atoms with Crippen LogP contribution in [0.15, 0.2) is 39.4 Å². The van der Waals surface area contributed by atoms with Gasteiger partial charge in [-0.05, 0) is 49.7 Å². The molecule has 2 rings (SSSR count). The fourth-order valence-corrected chi connectivity index (χ4v) is 2.54. The van der Waals surface area contributed by atoms with Gasteiger partial charge in [0.2, 0.25) is 0 Å². The van der Waals surface area contributed by atoms with Gasteiger partial charge in [-0.15, -0.1) is 0 Å². The molecule has 0 aliphatic rings. The van der Waals surface area contributed by atoms with Crippen LogP contribution in [0.2, 0.25) is 0 Å². The van der Waals surface area contributed by atoms with Crippen molar-refractivity contribution in [3.05, 3.63) is 51.9 Å². The average molecular weight is 338 g/mol. The topological polar surface area (TPSA) is 34.4 Å². The summed E-state index contributed by atoms with van der Waals surface area (Å²) in [6.45, 7) is 5.12. The Hall–Kier alpha value is -1.26. The molecule has 0 aliphatic carbocycles. The van der Waals surface area contributed by atoms with Crippen LogP contribution >= 0.6 is 15.9 Å². The van der Waals surface area contributed by atoms with Gasteiger partial charge >= 0.3 is 0 Å². The van der Waals surface area contributed by atoms with Gasteiger partial charge in [0.1, 0.15) is 11.5 Å². The molecule has 0 bridgehead atoms. The van der Waals surface area contributed by atoms with Gasteiger partial charge in [0.15, 0.2) is 0 Å². The first kappa shape index (κ1) is 15.1. The van der Waals surface area contributed by atoms with Crippen molar-refractivity contribution in [2.45, 2.75) is 26.3 Å². The largest absolute Gasteiger partial charge is 0.496 e. The van der Waals surface area contributed by atoms with Crippen molar-refractivity contribution < 1.29 is 9.15 Å². The van der Waals surface area contributed by atoms with Crippen LogP contribution in [0.4, 0.5) is 0 Å². The molecule has 1 atom stereocenters. The zero-order valence-corrected chi connectivity index (χ0v) is 13.7. The first-order valence-corrected chi connectivity index (χ1v) is 7.57. The quantitative estimate of drug-likeness (QED) is 0.845. The molecule has 1 heterocycles. The zero-order chi connectivity index (χ0) is 14.5. The van der Waals surface area contributed by atoms with E-state index in [1.165, 1.54) is 0 Å². The summed E-state index contributed by atoms with van der Waals surface area (Å²) in [6.07, 6.45) is 2.76. The van der Waals surface area contributed by atoms with Crippen LogP contribution in [-0.2, 0) is 0 Å². The molecular weight excluding hydrogens is 318 g/mol. The molecule has 1 aromatic carbocycles. The Labute approximate surface area is 128 Å². The molecule has 0 spiro atoms. The minimum absolute atomic E-state index is 0.00296. The minimum atomic E-state index is -0.00296. The van der Waals surface area contributed by atoms with Gasteiger partial charge in [-0.2, -0.15) is 0 Å². The number of aryl methyl sites for hydroxylation is 1. The molecule has 4 heteroatoms. The Morgan fingerprint density at radius 1 is 1.40 bits per heavy atom. The Kier molecular flexibility index (Phi) is 5.26. The first-order chi connectivity index (χ1) is 9.67. The molecular formula is C16H20BrNO2. The van der Waals surface area contributed by atoms with Gasteiger partial charge in [0.05, 0.1) is 19.4 Å². The molecule has 0 radical (unpaired) electrons. The number of rotatable bonds is 6. The normalized spacial score (nSPS) is 12.4. The number of benzene rings is 1. The number of nitrogens with one attached hydrogen (secondary N) is 1. The first-order valence-electron chi connectivity index (χ1n) is 6.78. The van der Waals surface area contributed by atoms with Crippen LogP contribution in [0.3, 0.4) is 0 Å². The fraction of sp³-hybridized carbons (Fsp3) is 0.375. The van der Waals surface area contributed by atoms with Crippen molar-refractivity contribution >= 4 is 15.9 Å². The number of ether oxygens (including phenoxy) is 1. The zero-order valence-electron chi connectivity index (χ0n) is 12.1. The highest BCUT2D eigenvalue weighted by molar-refractivity contribution is 9.10. The van der Waals surface area contributed by atoms with Crippen molar-refractivity contribution in [3.63, 3.8) is 0 Å². The number of methoxy groups -OCH3 is 1. The third kappa shape index (κ3) is 3.25. The predicted molar refractivity (Wildman–Crippen MR) is 84.3 cm³/mol. The molecule has 108 valence electrons. The van der Waals surface area contributed by atoms with E-state index in [0.29, 0.717) is 0 Å². The van der Waals surface area contributed by atoms with E-state index in [1.807, 2.05) is 18.2 Å². The highest BCUT2D eigenvalue weighted by Gasteiger charge is 2.21. The van der Waals surface area contributed by atoms with Crippen LogP contribution in [0.5, 0.6) is 5.75 Å². The standard InChI is InChI=1S/C16H20BrNO2/c1-4-7-18-16(14-6-5-8-20-14)12-10-13(17)11(2)9-15(12)19-3/h5-6,8-10,16,18H,4,7H2,1-3H3. The van der Waals surface area contributed by atoms with E-state index in [-0.39, 0.29) is 6.04 Å². The summed E-state index contributed by atoms with van der Waals surface area (Å²) in [4.78, 5) is 0. The van der Waals surface area contributed by atoms with Crippen LogP contribution in [0.1, 0.15) is 36.3 Å². The van der Waals surface area contributed by atoms with Crippen molar-refractivity contribution in [1.82, 2.24) is 5.32 Å². The lowest BCUT2D eigenvalue weighted by molar-refractivity contribution is 0.392. The smallest absolute Gasteiger partial charge is 0.125 e. The van der Waals surface area contributed by atoms with Gasteiger partial charge < -0.3 is 14.5 Å². The Bertz CT molecular complexity index is 552. The van der Waals surface area contributed by atoms with Crippen molar-refractivity contribution in [1.29, 1.82) is 0 Å². The molecule has 1 N–H and O–H groups in total. The summed E-state index contributed by atoms with van der Waals surface area (Å²) in [5.74, 6) is 1.77. The molecule has 0 saturated carbocycles. The lowest BCUT2D eigenvalue weighted by atomic mass is 10.0. The molecule has 0 fully saturated rings. The number of hydrogen-bond acceptors (Lipinski definition) is 3. The lowest BCUT2D eigenvalue weighted by Gasteiger charge is -2.20. The maximum absolute atomic E-state index is 5.58. The van der Waals surface area contributed by atoms with Crippen LogP contribution in [0, 0.1) is 6.92 Å². The predicted octanol–water partition coefficient (Wildman–Crippen LogP) is 4.45. The second-order valence-electron chi connectivity index (χ2n) is 4.75. The maximum atomic E-state index is 5.58. The highest BCUT2D eigenvalue weighted by atomic mass is 79.9. The van der Waals surface area contributed by atoms with E-state index in [4.69, 9.17) is 9.15 Å². The summed E-state index contributed by atoms with van der Waals surface area (Å²) in [5.41, 5.74) is 2.23. The second kappa shape index (κ2) is 6.95. The van der Waals surface area contributed by atoms with Crippen molar-refractivity contribution in [2.24, 2.45) is 0 Å². The molecule has 1 unspecified atom stereocenters. The third-order valence-corrected chi connectivity index (χ3v) is 4.10. The Morgan fingerprint density at radius 2 is 2.20 bits per heavy atom. The highest BCUT2D eigenvalue weighted by Crippen LogP contribution is 2.34. The maximum Gasteiger partial charge on any atom is 0.125 e. The molecule has 0 aliphatic heterocycles. The van der Waals surface area contributed by atoms with Gasteiger partial charge in [0, 0.05) is 10.0 Å². The summed E-state index contributed by atoms with van der Waals surface area (Å²) >= 11 is 3.60. The molecule has 0 saturated heterocycles. The number of furan rings is 1. The second-order valence-corrected chi connectivity index (χ2v) is 5.60. The molecule has 1 aromatic heterocycles. The van der Waals surface area contributed by atoms with Gasteiger partial charge in [-0.1, -0.05) is 22.9 Å². The third-order valence-electron chi connectivity index (χ3n) is 3.25. The minimum Gasteiger partial charge on any atom is -0.496 e. The van der Waals surface area contributed by atoms with Crippen LogP contribution < -0.4 is 10.1 Å². The van der Waals surface area contributed by atoms with E-state index in [1.54, 1.807) is 13.4 Å². The fourth-order valence-electron chi connectivity index (χ4n) is 2.18. The van der Waals surface area contributed by atoms with E-state index in [2.05, 4.69) is 41.2 Å². The number of halogens is 1. The van der Waals surface area contributed by atoms with E-state index in [0.717, 1.165) is 40.1 Å². The lowest BCUT2D eigenvalue weighted by Crippen LogP contribution is -2.23. The number of hydrogen-bond donors (Lipinski definition) is 1. The van der Waals surface area contributed by atoms with E-state index in [9.17, 15) is 0 Å². The SMILES string of the molecule is CCCNC(c1ccco1)c1cc(Br)c(C)cc1OC. The average Bonchev–Trinajstić information content (AvgIpc) is 2.96. The summed E-state index contributed by atoms with van der Waals surface area (Å²) in [6, 6.07) is 8.04. The molecule has 3 nitrogen and oxygen atoms in total. The Balaban J connectivity index is 2.45. The molecule has 2 aromatic rings. The van der Waals surface area contributed by atoms with E-state index < -0.39 is 0 Å². The van der Waals surface area contributed by atoms with Gasteiger partial charge in [-0.3, -0.25) is 0 Å². The monoisotopic (exact) mass is 337 g/mol. The van der Waals surface area contributed by atoms with Crippen LogP contribution in [-0.4, -0.2) is 13.7 Å². The Morgan fingerprint density at radius 3 is 2.80 bits per heavy atom. The molecule has 0 amide bonds. The van der Waals surface area contributed by atoms with Crippen molar-refractivity contribution in [3.8, 4) is 5.75 Å². The van der Waals surface area contributed by atoms with Crippen LogP contribution in [0.25, 0.3) is 0 Å². The summed E-state index contributed by atoms with van der Waals surface area (Å²) in [5, 5.41) is 3.51.